The monoisotopic (exact) mass is 357 g/mol. The first kappa shape index (κ1) is 16.4. The molecule has 0 aromatic carbocycles. The van der Waals surface area contributed by atoms with Crippen LogP contribution < -0.4 is 10.6 Å². The molecule has 0 saturated carbocycles. The van der Waals surface area contributed by atoms with E-state index < -0.39 is 0 Å². The highest BCUT2D eigenvalue weighted by Crippen LogP contribution is 2.37. The summed E-state index contributed by atoms with van der Waals surface area (Å²) in [5.74, 6) is 0.227. The molecule has 0 aliphatic heterocycles. The highest BCUT2D eigenvalue weighted by Gasteiger charge is 2.21. The number of aryl methyl sites for hydroxylation is 1. The van der Waals surface area contributed by atoms with E-state index in [2.05, 4.69) is 16.7 Å². The van der Waals surface area contributed by atoms with Crippen molar-refractivity contribution in [2.75, 3.05) is 5.32 Å². The Balaban J connectivity index is 1.64. The molecule has 2 N–H and O–H groups in total. The van der Waals surface area contributed by atoms with E-state index in [0.717, 1.165) is 31.2 Å². The van der Waals surface area contributed by atoms with Gasteiger partial charge in [-0.3, -0.25) is 10.1 Å². The summed E-state index contributed by atoms with van der Waals surface area (Å²) in [5.41, 5.74) is 1.78. The maximum Gasteiger partial charge on any atom is 0.250 e. The van der Waals surface area contributed by atoms with Crippen LogP contribution in [0.15, 0.2) is 28.9 Å². The summed E-state index contributed by atoms with van der Waals surface area (Å²) in [7, 11) is 0. The summed E-state index contributed by atoms with van der Waals surface area (Å²) in [6, 6.07) is 5.74. The Labute approximate surface area is 149 Å². The normalized spacial score (nSPS) is 13.3. The number of furan rings is 1. The number of amides is 1. The van der Waals surface area contributed by atoms with Gasteiger partial charge in [-0.15, -0.1) is 11.3 Å². The Kier molecular flexibility index (Phi) is 5.08. The molecule has 2 heterocycles. The van der Waals surface area contributed by atoms with Crippen molar-refractivity contribution in [3.63, 3.8) is 0 Å². The third kappa shape index (κ3) is 3.72. The van der Waals surface area contributed by atoms with Crippen molar-refractivity contribution in [3.8, 4) is 6.07 Å². The van der Waals surface area contributed by atoms with Gasteiger partial charge in [0.05, 0.1) is 11.8 Å². The molecule has 0 spiro atoms. The van der Waals surface area contributed by atoms with E-state index >= 15 is 0 Å². The number of hydrogen-bond donors (Lipinski definition) is 2. The van der Waals surface area contributed by atoms with Crippen molar-refractivity contribution in [2.45, 2.75) is 25.7 Å². The highest BCUT2D eigenvalue weighted by atomic mass is 32.1. The molecule has 0 fully saturated rings. The summed E-state index contributed by atoms with van der Waals surface area (Å²) in [5, 5.41) is 15.9. The number of nitriles is 1. The van der Waals surface area contributed by atoms with Crippen molar-refractivity contribution in [3.05, 3.63) is 46.2 Å². The predicted molar refractivity (Wildman–Crippen MR) is 97.8 cm³/mol. The zero-order chi connectivity index (χ0) is 16.9. The van der Waals surface area contributed by atoms with Crippen LogP contribution in [0, 0.1) is 11.3 Å². The van der Waals surface area contributed by atoms with Gasteiger partial charge in [0.25, 0.3) is 0 Å². The number of carbonyl (C=O) groups excluding carboxylic acids is 1. The standard InChI is InChI=1S/C17H15N3O2S2/c18-10-13-12-5-1-2-6-14(12)24-16(13)20-17(23)19-15(21)8-7-11-4-3-9-22-11/h3-4,7-9H,1-2,5-6H2,(H2,19,20,21,23). The van der Waals surface area contributed by atoms with Crippen molar-refractivity contribution in [1.82, 2.24) is 5.32 Å². The lowest BCUT2D eigenvalue weighted by Gasteiger charge is -2.09. The van der Waals surface area contributed by atoms with Gasteiger partial charge in [-0.1, -0.05) is 0 Å². The van der Waals surface area contributed by atoms with Crippen LogP contribution in [0.3, 0.4) is 0 Å². The van der Waals surface area contributed by atoms with Crippen molar-refractivity contribution >= 4 is 45.7 Å². The molecule has 2 aromatic heterocycles. The molecule has 1 aliphatic carbocycles. The lowest BCUT2D eigenvalue weighted by atomic mass is 9.96. The van der Waals surface area contributed by atoms with Gasteiger partial charge in [-0.2, -0.15) is 5.26 Å². The van der Waals surface area contributed by atoms with Gasteiger partial charge in [-0.05, 0) is 61.7 Å². The summed E-state index contributed by atoms with van der Waals surface area (Å²) < 4.78 is 5.11. The number of nitrogens with zero attached hydrogens (tertiary/aromatic N) is 1. The second-order valence-corrected chi connectivity index (χ2v) is 6.83. The Bertz CT molecular complexity index is 829. The van der Waals surface area contributed by atoms with Gasteiger partial charge >= 0.3 is 0 Å². The minimum atomic E-state index is -0.358. The molecule has 24 heavy (non-hydrogen) atoms. The average Bonchev–Trinajstić information content (AvgIpc) is 3.19. The first-order chi connectivity index (χ1) is 11.7. The molecule has 3 rings (SSSR count). The van der Waals surface area contributed by atoms with Crippen LogP contribution in [0.5, 0.6) is 0 Å². The number of carbonyl (C=O) groups is 1. The van der Waals surface area contributed by atoms with Gasteiger partial charge < -0.3 is 9.73 Å². The van der Waals surface area contributed by atoms with Gasteiger partial charge in [0, 0.05) is 11.0 Å². The molecular weight excluding hydrogens is 342 g/mol. The maximum atomic E-state index is 11.9. The Morgan fingerprint density at radius 3 is 3.00 bits per heavy atom. The summed E-state index contributed by atoms with van der Waals surface area (Å²) in [6.45, 7) is 0. The van der Waals surface area contributed by atoms with E-state index in [4.69, 9.17) is 16.6 Å². The average molecular weight is 357 g/mol. The topological polar surface area (TPSA) is 78.1 Å². The zero-order valence-corrected chi connectivity index (χ0v) is 14.4. The maximum absolute atomic E-state index is 11.9. The van der Waals surface area contributed by atoms with E-state index in [0.29, 0.717) is 16.3 Å². The Hall–Kier alpha value is -2.43. The quantitative estimate of drug-likeness (QED) is 0.648. The minimum Gasteiger partial charge on any atom is -0.465 e. The van der Waals surface area contributed by atoms with Gasteiger partial charge in [0.15, 0.2) is 5.11 Å². The van der Waals surface area contributed by atoms with Crippen LogP contribution in [-0.4, -0.2) is 11.0 Å². The van der Waals surface area contributed by atoms with Crippen molar-refractivity contribution in [1.29, 1.82) is 5.26 Å². The van der Waals surface area contributed by atoms with Crippen LogP contribution in [0.1, 0.15) is 34.6 Å². The molecule has 122 valence electrons. The van der Waals surface area contributed by atoms with Crippen molar-refractivity contribution in [2.24, 2.45) is 0 Å². The third-order valence-corrected chi connectivity index (χ3v) is 5.10. The van der Waals surface area contributed by atoms with E-state index in [1.807, 2.05) is 0 Å². The Morgan fingerprint density at radius 1 is 1.42 bits per heavy atom. The fraction of sp³-hybridized carbons (Fsp3) is 0.235. The molecule has 2 aromatic rings. The van der Waals surface area contributed by atoms with E-state index in [1.54, 1.807) is 29.5 Å². The summed E-state index contributed by atoms with van der Waals surface area (Å²) in [6.07, 6.45) is 8.63. The molecule has 0 unspecified atom stereocenters. The highest BCUT2D eigenvalue weighted by molar-refractivity contribution is 7.80. The lowest BCUT2D eigenvalue weighted by molar-refractivity contribution is -0.115. The zero-order valence-electron chi connectivity index (χ0n) is 12.8. The fourth-order valence-corrected chi connectivity index (χ4v) is 4.12. The van der Waals surface area contributed by atoms with Crippen LogP contribution >= 0.6 is 23.6 Å². The number of anilines is 1. The number of hydrogen-bond acceptors (Lipinski definition) is 5. The fourth-order valence-electron chi connectivity index (χ4n) is 2.60. The number of thiocarbonyl (C=S) groups is 1. The first-order valence-electron chi connectivity index (χ1n) is 7.55. The second-order valence-electron chi connectivity index (χ2n) is 5.32. The molecule has 1 amide bonds. The van der Waals surface area contributed by atoms with E-state index in [-0.39, 0.29) is 11.0 Å². The van der Waals surface area contributed by atoms with Crippen LogP contribution in [-0.2, 0) is 17.6 Å². The molecule has 0 bridgehead atoms. The molecule has 7 heteroatoms. The number of fused-ring (bicyclic) bond motifs is 1. The van der Waals surface area contributed by atoms with E-state index in [1.165, 1.54) is 17.2 Å². The SMILES string of the molecule is N#Cc1c(NC(=S)NC(=O)C=Cc2ccco2)sc2c1CCCC2. The van der Waals surface area contributed by atoms with Gasteiger partial charge in [-0.25, -0.2) is 0 Å². The molecular formula is C17H15N3O2S2. The largest absolute Gasteiger partial charge is 0.465 e. The van der Waals surface area contributed by atoms with Crippen LogP contribution in [0.4, 0.5) is 5.00 Å². The molecule has 1 aliphatic rings. The number of rotatable bonds is 3. The second kappa shape index (κ2) is 7.43. The third-order valence-electron chi connectivity index (χ3n) is 3.69. The van der Waals surface area contributed by atoms with Gasteiger partial charge in [0.1, 0.15) is 16.8 Å². The summed E-state index contributed by atoms with van der Waals surface area (Å²) >= 11 is 6.72. The lowest BCUT2D eigenvalue weighted by Crippen LogP contribution is -2.32. The number of thiophene rings is 1. The molecule has 0 saturated heterocycles. The van der Waals surface area contributed by atoms with Crippen LogP contribution in [0.2, 0.25) is 0 Å². The summed E-state index contributed by atoms with van der Waals surface area (Å²) in [4.78, 5) is 13.1. The molecule has 0 radical (unpaired) electrons. The van der Waals surface area contributed by atoms with Gasteiger partial charge in [0.2, 0.25) is 5.91 Å². The Morgan fingerprint density at radius 2 is 2.25 bits per heavy atom. The minimum absolute atomic E-state index is 0.180. The van der Waals surface area contributed by atoms with Crippen LogP contribution in [0.25, 0.3) is 6.08 Å². The molecule has 0 atom stereocenters. The predicted octanol–water partition coefficient (Wildman–Crippen LogP) is 3.62. The van der Waals surface area contributed by atoms with E-state index in [9.17, 15) is 10.1 Å². The van der Waals surface area contributed by atoms with Crippen molar-refractivity contribution < 1.29 is 9.21 Å². The smallest absolute Gasteiger partial charge is 0.250 e. The first-order valence-corrected chi connectivity index (χ1v) is 8.78. The number of nitrogens with one attached hydrogen (secondary N) is 2. The molecule has 5 nitrogen and oxygen atoms in total.